The molecule has 1 amide bonds. The second-order valence-electron chi connectivity index (χ2n) is 7.86. The highest BCUT2D eigenvalue weighted by Crippen LogP contribution is 2.48. The largest absolute Gasteiger partial charge is 0.429 e. The Morgan fingerprint density at radius 3 is 2.55 bits per heavy atom. The van der Waals surface area contributed by atoms with Gasteiger partial charge in [0.15, 0.2) is 0 Å². The summed E-state index contributed by atoms with van der Waals surface area (Å²) in [6.07, 6.45) is 2.53. The van der Waals surface area contributed by atoms with Crippen LogP contribution in [0.1, 0.15) is 30.1 Å². The van der Waals surface area contributed by atoms with E-state index in [0.29, 0.717) is 35.2 Å². The number of amides is 1. The minimum atomic E-state index is -0.697. The number of aryl methyl sites for hydroxylation is 1. The third-order valence-electron chi connectivity index (χ3n) is 5.77. The first kappa shape index (κ1) is 19.4. The third kappa shape index (κ3) is 3.48. The molecule has 0 unspecified atom stereocenters. The van der Waals surface area contributed by atoms with Crippen molar-refractivity contribution in [2.24, 2.45) is 5.92 Å². The van der Waals surface area contributed by atoms with Crippen LogP contribution < -0.4 is 5.32 Å². The van der Waals surface area contributed by atoms with Gasteiger partial charge in [0, 0.05) is 17.4 Å². The molecule has 158 valence electrons. The maximum atomic E-state index is 14.4. The molecule has 0 spiro atoms. The van der Waals surface area contributed by atoms with Gasteiger partial charge in [0.25, 0.3) is 0 Å². The monoisotopic (exact) mass is 425 g/mol. The molecule has 2 heterocycles. The van der Waals surface area contributed by atoms with Gasteiger partial charge in [-0.05, 0) is 67.1 Å². The summed E-state index contributed by atoms with van der Waals surface area (Å²) in [6, 6.07) is 8.08. The van der Waals surface area contributed by atoms with Crippen LogP contribution in [-0.2, 0) is 4.79 Å². The second kappa shape index (κ2) is 7.30. The minimum absolute atomic E-state index is 0.0861. The summed E-state index contributed by atoms with van der Waals surface area (Å²) in [6.45, 7) is 1.73. The van der Waals surface area contributed by atoms with Crippen molar-refractivity contribution in [2.75, 3.05) is 5.32 Å². The molecule has 31 heavy (non-hydrogen) atoms. The molecule has 4 aromatic rings. The fourth-order valence-electron chi connectivity index (χ4n) is 4.20. The first-order valence-electron chi connectivity index (χ1n) is 9.89. The van der Waals surface area contributed by atoms with Gasteiger partial charge in [-0.2, -0.15) is 0 Å². The molecular formula is C23H18F3N3O2. The van der Waals surface area contributed by atoms with E-state index in [9.17, 15) is 18.0 Å². The molecule has 1 fully saturated rings. The van der Waals surface area contributed by atoms with Crippen LogP contribution >= 0.6 is 0 Å². The van der Waals surface area contributed by atoms with Crippen molar-refractivity contribution < 1.29 is 22.4 Å². The number of aromatic nitrogens is 2. The van der Waals surface area contributed by atoms with Crippen LogP contribution in [0.15, 0.2) is 47.0 Å². The summed E-state index contributed by atoms with van der Waals surface area (Å²) < 4.78 is 47.1. The van der Waals surface area contributed by atoms with Crippen molar-refractivity contribution >= 4 is 22.8 Å². The van der Waals surface area contributed by atoms with Gasteiger partial charge in [-0.1, -0.05) is 0 Å². The summed E-state index contributed by atoms with van der Waals surface area (Å²) >= 11 is 0. The number of benzene rings is 2. The standard InChI is InChI=1S/C23H18F3N3O2/c1-11-10-27-23(31-11)29-22(30)14-6-13(7-14)19-17-8-16(25)9-18(26)21(17)28-20(19)12-2-4-15(24)5-3-12/h2-5,8-10,13-14,28H,6-7H2,1H3,(H,27,29,30). The molecule has 0 radical (unpaired) electrons. The quantitative estimate of drug-likeness (QED) is 0.442. The van der Waals surface area contributed by atoms with E-state index in [2.05, 4.69) is 15.3 Å². The Labute approximate surface area is 175 Å². The third-order valence-corrected chi connectivity index (χ3v) is 5.77. The van der Waals surface area contributed by atoms with E-state index in [4.69, 9.17) is 4.42 Å². The van der Waals surface area contributed by atoms with Crippen LogP contribution in [0.3, 0.4) is 0 Å². The predicted octanol–water partition coefficient (Wildman–Crippen LogP) is 5.68. The normalized spacial score (nSPS) is 18.2. The fraction of sp³-hybridized carbons (Fsp3) is 0.217. The lowest BCUT2D eigenvalue weighted by Crippen LogP contribution is -2.33. The Hall–Kier alpha value is -3.55. The van der Waals surface area contributed by atoms with Gasteiger partial charge >= 0.3 is 6.01 Å². The van der Waals surface area contributed by atoms with Gasteiger partial charge in [0.05, 0.1) is 17.4 Å². The van der Waals surface area contributed by atoms with Crippen LogP contribution in [0, 0.1) is 30.3 Å². The van der Waals surface area contributed by atoms with Crippen LogP contribution in [0.4, 0.5) is 19.2 Å². The highest BCUT2D eigenvalue weighted by Gasteiger charge is 2.39. The molecule has 8 heteroatoms. The van der Waals surface area contributed by atoms with Crippen LogP contribution in [0.25, 0.3) is 22.2 Å². The van der Waals surface area contributed by atoms with Gasteiger partial charge in [-0.15, -0.1) is 0 Å². The van der Waals surface area contributed by atoms with Gasteiger partial charge in [-0.25, -0.2) is 18.2 Å². The predicted molar refractivity (Wildman–Crippen MR) is 109 cm³/mol. The number of aromatic amines is 1. The molecule has 1 aliphatic carbocycles. The highest BCUT2D eigenvalue weighted by atomic mass is 19.1. The zero-order chi connectivity index (χ0) is 21.7. The number of halogens is 3. The van der Waals surface area contributed by atoms with Gasteiger partial charge in [-0.3, -0.25) is 10.1 Å². The summed E-state index contributed by atoms with van der Waals surface area (Å²) in [5.41, 5.74) is 2.19. The van der Waals surface area contributed by atoms with Crippen LogP contribution in [0.2, 0.25) is 0 Å². The molecule has 2 N–H and O–H groups in total. The molecule has 5 nitrogen and oxygen atoms in total. The Morgan fingerprint density at radius 1 is 1.13 bits per heavy atom. The minimum Gasteiger partial charge on any atom is -0.429 e. The number of carbonyl (C=O) groups is 1. The number of fused-ring (bicyclic) bond motifs is 1. The van der Waals surface area contributed by atoms with Crippen molar-refractivity contribution in [3.63, 3.8) is 0 Å². The Morgan fingerprint density at radius 2 is 1.87 bits per heavy atom. The van der Waals surface area contributed by atoms with E-state index in [1.807, 2.05) is 0 Å². The SMILES string of the molecule is Cc1cnc(NC(=O)C2CC(c3c(-c4ccc(F)cc4)[nH]c4c(F)cc(F)cc34)C2)o1. The van der Waals surface area contributed by atoms with E-state index in [1.165, 1.54) is 24.4 Å². The van der Waals surface area contributed by atoms with Gasteiger partial charge in [0.2, 0.25) is 5.91 Å². The lowest BCUT2D eigenvalue weighted by molar-refractivity contribution is -0.122. The molecule has 1 aliphatic rings. The van der Waals surface area contributed by atoms with E-state index in [1.54, 1.807) is 19.1 Å². The van der Waals surface area contributed by atoms with Crippen molar-refractivity contribution in [3.05, 3.63) is 71.4 Å². The van der Waals surface area contributed by atoms with Crippen molar-refractivity contribution in [1.82, 2.24) is 9.97 Å². The lowest BCUT2D eigenvalue weighted by atomic mass is 9.70. The molecular weight excluding hydrogens is 407 g/mol. The molecule has 0 aliphatic heterocycles. The van der Waals surface area contributed by atoms with Crippen molar-refractivity contribution in [1.29, 1.82) is 0 Å². The zero-order valence-electron chi connectivity index (χ0n) is 16.5. The Balaban J connectivity index is 1.47. The number of oxazole rings is 1. The number of carbonyl (C=O) groups excluding carboxylic acids is 1. The van der Waals surface area contributed by atoms with Crippen molar-refractivity contribution in [2.45, 2.75) is 25.7 Å². The first-order valence-corrected chi connectivity index (χ1v) is 9.89. The van der Waals surface area contributed by atoms with E-state index in [0.717, 1.165) is 11.6 Å². The first-order chi connectivity index (χ1) is 14.9. The lowest BCUT2D eigenvalue weighted by Gasteiger charge is -2.34. The molecule has 0 atom stereocenters. The Kier molecular flexibility index (Phi) is 4.57. The average molecular weight is 425 g/mol. The highest BCUT2D eigenvalue weighted by molar-refractivity contribution is 5.94. The molecule has 2 aromatic carbocycles. The van der Waals surface area contributed by atoms with Crippen LogP contribution in [0.5, 0.6) is 0 Å². The number of rotatable bonds is 4. The van der Waals surface area contributed by atoms with E-state index >= 15 is 0 Å². The number of hydrogen-bond acceptors (Lipinski definition) is 3. The summed E-state index contributed by atoms with van der Waals surface area (Å²) in [4.78, 5) is 19.5. The van der Waals surface area contributed by atoms with Crippen molar-refractivity contribution in [3.8, 4) is 11.3 Å². The molecule has 5 rings (SSSR count). The number of anilines is 1. The fourth-order valence-corrected chi connectivity index (χ4v) is 4.20. The molecule has 1 saturated carbocycles. The maximum absolute atomic E-state index is 14.4. The summed E-state index contributed by atoms with van der Waals surface area (Å²) in [5.74, 6) is -1.74. The summed E-state index contributed by atoms with van der Waals surface area (Å²) in [5, 5.41) is 3.09. The second-order valence-corrected chi connectivity index (χ2v) is 7.86. The number of hydrogen-bond donors (Lipinski definition) is 2. The number of H-pyrrole nitrogens is 1. The molecule has 2 aromatic heterocycles. The van der Waals surface area contributed by atoms with E-state index < -0.39 is 11.6 Å². The van der Waals surface area contributed by atoms with Crippen LogP contribution in [-0.4, -0.2) is 15.9 Å². The van der Waals surface area contributed by atoms with E-state index in [-0.39, 0.29) is 35.1 Å². The molecule has 0 saturated heterocycles. The van der Waals surface area contributed by atoms with Gasteiger partial charge < -0.3 is 9.40 Å². The Bertz CT molecular complexity index is 1290. The van der Waals surface area contributed by atoms with Gasteiger partial charge in [0.1, 0.15) is 23.2 Å². The number of nitrogens with zero attached hydrogens (tertiary/aromatic N) is 1. The smallest absolute Gasteiger partial charge is 0.301 e. The maximum Gasteiger partial charge on any atom is 0.301 e. The summed E-state index contributed by atoms with van der Waals surface area (Å²) in [7, 11) is 0. The number of nitrogens with one attached hydrogen (secondary N) is 2. The topological polar surface area (TPSA) is 70.9 Å². The molecule has 0 bridgehead atoms. The average Bonchev–Trinajstić information content (AvgIpc) is 3.25. The zero-order valence-corrected chi connectivity index (χ0v) is 16.5.